The number of phenolic OH excluding ortho intramolecular Hbond substituents is 1. The lowest BCUT2D eigenvalue weighted by Crippen LogP contribution is -2.26. The first-order chi connectivity index (χ1) is 24.0. The third-order valence-electron chi connectivity index (χ3n) is 6.58. The molecule has 0 saturated heterocycles. The highest BCUT2D eigenvalue weighted by molar-refractivity contribution is 6.31. The molecule has 3 aromatic carbocycles. The molecule has 0 aliphatic heterocycles. The van der Waals surface area contributed by atoms with Crippen molar-refractivity contribution in [1.29, 1.82) is 0 Å². The molecule has 0 aliphatic carbocycles. The Morgan fingerprint density at radius 1 is 0.880 bits per heavy atom. The number of carbonyl (C=O) groups is 2. The van der Waals surface area contributed by atoms with E-state index in [1.54, 1.807) is 50.2 Å². The molecule has 10 nitrogen and oxygen atoms in total. The number of halogens is 3. The molecule has 0 amide bonds. The number of fused-ring (bicyclic) bond motifs is 1. The number of aromatic hydroxyl groups is 1. The van der Waals surface area contributed by atoms with E-state index in [0.717, 1.165) is 17.0 Å². The number of carbonyl (C=O) groups excluding carboxylic acids is 2. The van der Waals surface area contributed by atoms with Crippen molar-refractivity contribution in [2.45, 2.75) is 33.0 Å². The van der Waals surface area contributed by atoms with E-state index in [0.29, 0.717) is 34.6 Å². The summed E-state index contributed by atoms with van der Waals surface area (Å²) < 4.78 is 40.1. The van der Waals surface area contributed by atoms with E-state index in [2.05, 4.69) is 15.9 Å². The molecule has 50 heavy (non-hydrogen) atoms. The standard InChI is InChI=1S/C20H18ClNO4.C17H13ClFNO4/c1-3-24-20(23)13(2)25-16-6-8-17(9-7-16)26-19-11-4-14-12-15(21)5-10-18(14)22-19;1-3-6-23-17(22)10(2)24-15-5-4-11(7-14(15)21)16-13(19)8-12(18)9-20-16/h4-13H,3H2,1-2H3;1,4-5,7-10,21H,6H2,2H3. The van der Waals surface area contributed by atoms with Crippen molar-refractivity contribution in [1.82, 2.24) is 9.97 Å². The number of terminal acetylenes is 1. The summed E-state index contributed by atoms with van der Waals surface area (Å²) in [4.78, 5) is 31.5. The van der Waals surface area contributed by atoms with Crippen molar-refractivity contribution < 1.29 is 42.8 Å². The van der Waals surface area contributed by atoms with E-state index in [-0.39, 0.29) is 28.8 Å². The second-order valence-corrected chi connectivity index (χ2v) is 11.2. The predicted octanol–water partition coefficient (Wildman–Crippen LogP) is 8.20. The number of esters is 2. The summed E-state index contributed by atoms with van der Waals surface area (Å²) in [5, 5.41) is 11.8. The minimum Gasteiger partial charge on any atom is -0.504 e. The number of hydrogen-bond donors (Lipinski definition) is 1. The number of ether oxygens (including phenoxy) is 5. The second-order valence-electron chi connectivity index (χ2n) is 10.3. The van der Waals surface area contributed by atoms with Crippen LogP contribution in [0.1, 0.15) is 20.8 Å². The largest absolute Gasteiger partial charge is 0.504 e. The molecule has 0 bridgehead atoms. The Morgan fingerprint density at radius 2 is 1.58 bits per heavy atom. The van der Waals surface area contributed by atoms with Crippen molar-refractivity contribution in [3.63, 3.8) is 0 Å². The summed E-state index contributed by atoms with van der Waals surface area (Å²) in [6.45, 7) is 5.01. The molecule has 5 aromatic rings. The number of hydrogen-bond acceptors (Lipinski definition) is 10. The number of benzene rings is 3. The molecule has 2 heterocycles. The number of nitrogens with zero attached hydrogens (tertiary/aromatic N) is 2. The lowest BCUT2D eigenvalue weighted by atomic mass is 10.1. The Labute approximate surface area is 297 Å². The van der Waals surface area contributed by atoms with Crippen LogP contribution in [0.2, 0.25) is 10.0 Å². The van der Waals surface area contributed by atoms with E-state index < -0.39 is 30.0 Å². The van der Waals surface area contributed by atoms with Gasteiger partial charge in [0.05, 0.1) is 17.1 Å². The molecule has 13 heteroatoms. The van der Waals surface area contributed by atoms with Gasteiger partial charge in [-0.05, 0) is 93.6 Å². The molecule has 0 spiro atoms. The third kappa shape index (κ3) is 10.5. The summed E-state index contributed by atoms with van der Waals surface area (Å²) >= 11 is 11.6. The number of rotatable bonds is 11. The Balaban J connectivity index is 0.000000226. The molecule has 1 N–H and O–H groups in total. The van der Waals surface area contributed by atoms with Gasteiger partial charge in [0.25, 0.3) is 0 Å². The van der Waals surface area contributed by atoms with Crippen molar-refractivity contribution >= 4 is 46.0 Å². The number of pyridine rings is 2. The van der Waals surface area contributed by atoms with Crippen LogP contribution < -0.4 is 14.2 Å². The van der Waals surface area contributed by atoms with E-state index >= 15 is 0 Å². The smallest absolute Gasteiger partial charge is 0.347 e. The molecule has 2 atom stereocenters. The average molecular weight is 722 g/mol. The van der Waals surface area contributed by atoms with E-state index in [9.17, 15) is 19.1 Å². The minimum atomic E-state index is -0.972. The summed E-state index contributed by atoms with van der Waals surface area (Å²) in [7, 11) is 0. The molecule has 5 rings (SSSR count). The van der Waals surface area contributed by atoms with Crippen molar-refractivity contribution in [3.05, 3.63) is 101 Å². The van der Waals surface area contributed by atoms with Crippen LogP contribution in [0.4, 0.5) is 4.39 Å². The van der Waals surface area contributed by atoms with Crippen LogP contribution in [-0.2, 0) is 19.1 Å². The SMILES string of the molecule is C#CCOC(=O)C(C)Oc1ccc(-c2ncc(Cl)cc2F)cc1O.CCOC(=O)C(C)Oc1ccc(Oc2ccc3cc(Cl)ccc3n2)cc1. The van der Waals surface area contributed by atoms with Gasteiger partial charge in [-0.1, -0.05) is 29.1 Å². The summed E-state index contributed by atoms with van der Waals surface area (Å²) in [6, 6.07) is 21.4. The fourth-order valence-electron chi connectivity index (χ4n) is 4.21. The zero-order valence-corrected chi connectivity index (χ0v) is 28.6. The Hall–Kier alpha value is -5.57. The second kappa shape index (κ2) is 17.7. The van der Waals surface area contributed by atoms with E-state index in [1.165, 1.54) is 31.3 Å². The highest BCUT2D eigenvalue weighted by Gasteiger charge is 2.19. The van der Waals surface area contributed by atoms with Crippen molar-refractivity contribution in [2.75, 3.05) is 13.2 Å². The maximum absolute atomic E-state index is 13.9. The Morgan fingerprint density at radius 3 is 2.26 bits per heavy atom. The zero-order valence-electron chi connectivity index (χ0n) is 27.1. The first-order valence-corrected chi connectivity index (χ1v) is 15.8. The first-order valence-electron chi connectivity index (χ1n) is 15.1. The molecular formula is C37H31Cl2FN2O8. The molecule has 2 aromatic heterocycles. The van der Waals surface area contributed by atoms with Crippen molar-refractivity contribution in [3.8, 4) is 52.5 Å². The Bertz CT molecular complexity index is 2000. The van der Waals surface area contributed by atoms with Gasteiger partial charge in [0.15, 0.2) is 36.1 Å². The van der Waals surface area contributed by atoms with E-state index in [1.807, 2.05) is 18.2 Å². The van der Waals surface area contributed by atoms with Crippen LogP contribution >= 0.6 is 23.2 Å². The topological polar surface area (TPSA) is 126 Å². The highest BCUT2D eigenvalue weighted by atomic mass is 35.5. The van der Waals surface area contributed by atoms with Gasteiger partial charge >= 0.3 is 11.9 Å². The molecule has 258 valence electrons. The van der Waals surface area contributed by atoms with Crippen LogP contribution in [0.5, 0.6) is 28.9 Å². The maximum Gasteiger partial charge on any atom is 0.347 e. The van der Waals surface area contributed by atoms with Gasteiger partial charge in [0.1, 0.15) is 17.2 Å². The molecule has 2 unspecified atom stereocenters. The maximum atomic E-state index is 13.9. The van der Waals surface area contributed by atoms with Gasteiger partial charge in [0.2, 0.25) is 5.88 Å². The minimum absolute atomic E-state index is 0.0303. The van der Waals surface area contributed by atoms with Gasteiger partial charge in [-0.25, -0.2) is 19.0 Å². The molecule has 0 saturated carbocycles. The van der Waals surface area contributed by atoms with Crippen LogP contribution in [0.15, 0.2) is 85.1 Å². The summed E-state index contributed by atoms with van der Waals surface area (Å²) in [5.41, 5.74) is 1.16. The van der Waals surface area contributed by atoms with Gasteiger partial charge in [-0.3, -0.25) is 4.98 Å². The normalized spacial score (nSPS) is 11.6. The van der Waals surface area contributed by atoms with Crippen molar-refractivity contribution in [2.24, 2.45) is 0 Å². The monoisotopic (exact) mass is 720 g/mol. The average Bonchev–Trinajstić information content (AvgIpc) is 3.09. The highest BCUT2D eigenvalue weighted by Crippen LogP contribution is 2.33. The van der Waals surface area contributed by atoms with Crippen LogP contribution in [0.3, 0.4) is 0 Å². The number of phenols is 1. The summed E-state index contributed by atoms with van der Waals surface area (Å²) in [6.07, 6.45) is 4.65. The van der Waals surface area contributed by atoms with Crippen LogP contribution in [-0.4, -0.2) is 52.4 Å². The lowest BCUT2D eigenvalue weighted by molar-refractivity contribution is -0.150. The van der Waals surface area contributed by atoms with Crippen LogP contribution in [0.25, 0.3) is 22.2 Å². The zero-order chi connectivity index (χ0) is 36.2. The quantitative estimate of drug-likeness (QED) is 0.105. The fourth-order valence-corrected chi connectivity index (χ4v) is 4.54. The molecular weight excluding hydrogens is 690 g/mol. The fraction of sp³-hybridized carbons (Fsp3) is 0.189. The van der Waals surface area contributed by atoms with Gasteiger partial charge in [0, 0.05) is 28.2 Å². The molecule has 0 aliphatic rings. The lowest BCUT2D eigenvalue weighted by Gasteiger charge is -2.14. The third-order valence-corrected chi connectivity index (χ3v) is 7.02. The van der Waals surface area contributed by atoms with E-state index in [4.69, 9.17) is 53.3 Å². The van der Waals surface area contributed by atoms with Gasteiger partial charge < -0.3 is 28.8 Å². The molecule has 0 radical (unpaired) electrons. The van der Waals surface area contributed by atoms with Gasteiger partial charge in [-0.2, -0.15) is 0 Å². The summed E-state index contributed by atoms with van der Waals surface area (Å²) in [5.74, 6) is 1.89. The first kappa shape index (κ1) is 37.3. The number of aromatic nitrogens is 2. The van der Waals surface area contributed by atoms with Crippen LogP contribution in [0, 0.1) is 18.2 Å². The Kier molecular flexibility index (Phi) is 13.2. The van der Waals surface area contributed by atoms with Gasteiger partial charge in [-0.15, -0.1) is 6.42 Å². The predicted molar refractivity (Wildman–Crippen MR) is 186 cm³/mol. The molecule has 0 fully saturated rings.